The van der Waals surface area contributed by atoms with Gasteiger partial charge in [-0.2, -0.15) is 0 Å². The third-order valence-electron chi connectivity index (χ3n) is 16.1. The first kappa shape index (κ1) is 54.5. The van der Waals surface area contributed by atoms with E-state index in [1.807, 2.05) is 24.3 Å². The molecule has 1 radical (unpaired) electrons. The van der Waals surface area contributed by atoms with E-state index in [4.69, 9.17) is 24.4 Å². The molecule has 1 aliphatic rings. The third-order valence-corrected chi connectivity index (χ3v) is 18.2. The maximum absolute atomic E-state index is 6.87. The van der Waals surface area contributed by atoms with Crippen LogP contribution in [0.2, 0.25) is 19.6 Å². The normalized spacial score (nSPS) is 13.9. The van der Waals surface area contributed by atoms with Crippen molar-refractivity contribution in [2.24, 2.45) is 11.8 Å². The van der Waals surface area contributed by atoms with Crippen LogP contribution >= 0.6 is 0 Å². The minimum absolute atomic E-state index is 0. The van der Waals surface area contributed by atoms with Gasteiger partial charge in [-0.15, -0.1) is 54.1 Å². The zero-order valence-electron chi connectivity index (χ0n) is 47.0. The minimum Gasteiger partial charge on any atom is -0.486 e. The molecule has 6 aromatic carbocycles. The van der Waals surface area contributed by atoms with Gasteiger partial charge in [-0.25, -0.2) is 4.98 Å². The Morgan fingerprint density at radius 2 is 1.41 bits per heavy atom. The van der Waals surface area contributed by atoms with E-state index in [1.165, 1.54) is 48.4 Å². The number of fused-ring (bicyclic) bond motifs is 6. The number of nitrogens with zero attached hydrogens (tertiary/aromatic N) is 5. The van der Waals surface area contributed by atoms with Crippen LogP contribution < -0.4 is 5.19 Å². The largest absolute Gasteiger partial charge is 0.486 e. The van der Waals surface area contributed by atoms with Crippen LogP contribution in [0.5, 0.6) is 0 Å². The Morgan fingerprint density at radius 3 is 2.05 bits per heavy atom. The Balaban J connectivity index is 0.000000264. The smallest absolute Gasteiger partial charge is 0.216 e. The van der Waals surface area contributed by atoms with Gasteiger partial charge in [0.25, 0.3) is 0 Å². The van der Waals surface area contributed by atoms with Crippen molar-refractivity contribution in [3.63, 3.8) is 0 Å². The van der Waals surface area contributed by atoms with Crippen molar-refractivity contribution < 1.29 is 24.5 Å². The van der Waals surface area contributed by atoms with Crippen molar-refractivity contribution in [1.82, 2.24) is 24.5 Å². The van der Waals surface area contributed by atoms with Gasteiger partial charge in [-0.3, -0.25) is 9.97 Å². The van der Waals surface area contributed by atoms with E-state index in [0.29, 0.717) is 17.5 Å². The molecule has 12 rings (SSSR count). The summed E-state index contributed by atoms with van der Waals surface area (Å²) in [6.45, 7) is 23.1. The molecule has 397 valence electrons. The number of benzene rings is 6. The molecule has 8 heteroatoms. The molecular weight excluding hydrogens is 1150 g/mol. The molecule has 0 spiro atoms. The average Bonchev–Trinajstić information content (AvgIpc) is 4.39. The molecular formula is C70H71IrN5OSi-2. The average molecular weight is 1220 g/mol. The molecule has 6 nitrogen and oxygen atoms in total. The van der Waals surface area contributed by atoms with E-state index < -0.39 is 8.07 Å². The van der Waals surface area contributed by atoms with Crippen molar-refractivity contribution in [3.8, 4) is 50.6 Å². The van der Waals surface area contributed by atoms with Gasteiger partial charge in [0.1, 0.15) is 0 Å². The number of hydrogen-bond donors (Lipinski definition) is 0. The summed E-state index contributed by atoms with van der Waals surface area (Å²) in [6, 6.07) is 60.6. The molecule has 1 aliphatic carbocycles. The zero-order valence-corrected chi connectivity index (χ0v) is 50.4. The Labute approximate surface area is 476 Å². The van der Waals surface area contributed by atoms with Gasteiger partial charge in [-0.05, 0) is 107 Å². The van der Waals surface area contributed by atoms with E-state index >= 15 is 0 Å². The summed E-state index contributed by atoms with van der Waals surface area (Å²) in [7, 11) is -1.35. The molecule has 2 atom stereocenters. The van der Waals surface area contributed by atoms with Gasteiger partial charge in [0, 0.05) is 65.5 Å². The van der Waals surface area contributed by atoms with Crippen LogP contribution in [-0.2, 0) is 31.9 Å². The summed E-state index contributed by atoms with van der Waals surface area (Å²) in [4.78, 5) is 20.6. The molecule has 1 saturated carbocycles. The van der Waals surface area contributed by atoms with E-state index in [0.717, 1.165) is 113 Å². The molecule has 11 aromatic rings. The van der Waals surface area contributed by atoms with Gasteiger partial charge in [0.15, 0.2) is 0 Å². The van der Waals surface area contributed by atoms with E-state index in [-0.39, 0.29) is 25.5 Å². The molecule has 5 heterocycles. The van der Waals surface area contributed by atoms with E-state index in [2.05, 4.69) is 218 Å². The van der Waals surface area contributed by atoms with Crippen LogP contribution in [-0.4, -0.2) is 32.6 Å². The summed E-state index contributed by atoms with van der Waals surface area (Å²) in [6.07, 6.45) is 9.66. The van der Waals surface area contributed by atoms with Crippen LogP contribution in [0.4, 0.5) is 0 Å². The second-order valence-electron chi connectivity index (χ2n) is 23.7. The van der Waals surface area contributed by atoms with Gasteiger partial charge in [0.2, 0.25) is 5.71 Å². The van der Waals surface area contributed by atoms with Crippen LogP contribution in [0, 0.1) is 30.9 Å². The summed E-state index contributed by atoms with van der Waals surface area (Å²) in [5.74, 6) is 2.52. The van der Waals surface area contributed by atoms with Gasteiger partial charge >= 0.3 is 0 Å². The quantitative estimate of drug-likeness (QED) is 0.0953. The molecule has 0 bridgehead atoms. The fourth-order valence-corrected chi connectivity index (χ4v) is 13.1. The van der Waals surface area contributed by atoms with Crippen molar-refractivity contribution in [2.45, 2.75) is 118 Å². The number of furan rings is 1. The topological polar surface area (TPSA) is 69.6 Å². The van der Waals surface area contributed by atoms with Crippen molar-refractivity contribution in [2.75, 3.05) is 0 Å². The predicted molar refractivity (Wildman–Crippen MR) is 325 cm³/mol. The number of pyridine rings is 3. The standard InChI is InChI=1S/C51H45N4O.C19H26NSi.Ir/c1-31-23-24-36-25-27-44-47(45(36)52-31)55(46-41(34-17-8-6-9-18-34)29-37(51(3,4)5)30-42(46)35-19-10-7-11-20-35)49(53-44)40-22-14-21-38-39-26-28-43(54-50(39)56-48(38)40)32(2)33-15-12-13-16-33;1-6-15(2)12-17-13-18(16-10-8-7-9-11-16)20-14-19(17)21(3,4)5;/h6-11,14,17-21,23-30,32-33H,12-13,15-16H2,1-5H3;7-10,13-15H,6,12H2,1-5H3;/q2*-1;. The summed E-state index contributed by atoms with van der Waals surface area (Å²) in [5.41, 5.74) is 17.3. The fraction of sp³-hybridized carbons (Fsp3) is 0.286. The second-order valence-corrected chi connectivity index (χ2v) is 28.8. The van der Waals surface area contributed by atoms with Gasteiger partial charge < -0.3 is 14.0 Å². The first-order valence-corrected chi connectivity index (χ1v) is 31.4. The maximum Gasteiger partial charge on any atom is 0.216 e. The van der Waals surface area contributed by atoms with Crippen LogP contribution in [0.15, 0.2) is 162 Å². The number of hydrogen-bond acceptors (Lipinski definition) is 5. The van der Waals surface area contributed by atoms with Crippen LogP contribution in [0.3, 0.4) is 0 Å². The van der Waals surface area contributed by atoms with Crippen molar-refractivity contribution in [1.29, 1.82) is 0 Å². The van der Waals surface area contributed by atoms with E-state index in [9.17, 15) is 0 Å². The SMILES string of the molecule is CCC(C)Cc1cc(-c2[c-]cccc2)ncc1[Si](C)(C)C.Cc1ccc2ccc3nc(-c4[c-]ccc5c4oc4nc(C(C)C6CCCC6)ccc45)n(-c4c(-c5ccccc5)cc(C(C)(C)C)cc4-c4ccccc4)c3c2n1.[Ir]. The Kier molecular flexibility index (Phi) is 15.7. The number of aryl methyl sites for hydroxylation is 1. The fourth-order valence-electron chi connectivity index (χ4n) is 11.5. The number of imidazole rings is 1. The molecule has 5 aromatic heterocycles. The van der Waals surface area contributed by atoms with Gasteiger partial charge in [-0.1, -0.05) is 176 Å². The Hall–Kier alpha value is -6.83. The molecule has 0 aliphatic heterocycles. The number of rotatable bonds is 11. The Morgan fingerprint density at radius 1 is 0.731 bits per heavy atom. The third kappa shape index (κ3) is 10.8. The Bertz CT molecular complexity index is 3840. The molecule has 2 unspecified atom stereocenters. The summed E-state index contributed by atoms with van der Waals surface area (Å²) in [5, 5.41) is 4.58. The zero-order chi connectivity index (χ0) is 53.6. The first-order valence-electron chi connectivity index (χ1n) is 27.9. The van der Waals surface area contributed by atoms with Crippen LogP contribution in [0.1, 0.15) is 102 Å². The molecule has 0 saturated heterocycles. The summed E-state index contributed by atoms with van der Waals surface area (Å²) < 4.78 is 9.22. The molecule has 0 amide bonds. The summed E-state index contributed by atoms with van der Waals surface area (Å²) >= 11 is 0. The van der Waals surface area contributed by atoms with Gasteiger partial charge in [0.05, 0.1) is 41.7 Å². The monoisotopic (exact) mass is 1220 g/mol. The van der Waals surface area contributed by atoms with Crippen LogP contribution in [0.25, 0.3) is 94.6 Å². The molecule has 78 heavy (non-hydrogen) atoms. The maximum atomic E-state index is 6.87. The van der Waals surface area contributed by atoms with Crippen molar-refractivity contribution in [3.05, 3.63) is 193 Å². The van der Waals surface area contributed by atoms with E-state index in [1.54, 1.807) is 0 Å². The van der Waals surface area contributed by atoms with Crippen molar-refractivity contribution >= 4 is 57.3 Å². The first-order chi connectivity index (χ1) is 37.1. The predicted octanol–water partition coefficient (Wildman–Crippen LogP) is 18.2. The molecule has 0 N–H and O–H groups in total. The number of aromatic nitrogens is 5. The molecule has 1 fully saturated rings. The second kappa shape index (κ2) is 22.5. The minimum atomic E-state index is -1.35.